The van der Waals surface area contributed by atoms with Crippen molar-refractivity contribution >= 4 is 0 Å². The number of hydrogen-bond donors (Lipinski definition) is 0. The number of methoxy groups -OCH3 is 2. The van der Waals surface area contributed by atoms with E-state index >= 15 is 0 Å². The van der Waals surface area contributed by atoms with Crippen LogP contribution in [-0.4, -0.2) is 14.2 Å². The molecule has 0 amide bonds. The predicted molar refractivity (Wildman–Crippen MR) is 70.8 cm³/mol. The normalized spacial score (nSPS) is 14.0. The lowest BCUT2D eigenvalue weighted by molar-refractivity contribution is -0.249. The molecule has 0 saturated heterocycles. The van der Waals surface area contributed by atoms with Gasteiger partial charge in [-0.2, -0.15) is 0 Å². The predicted octanol–water partition coefficient (Wildman–Crippen LogP) is 3.81. The molecule has 0 saturated carbocycles. The van der Waals surface area contributed by atoms with Crippen molar-refractivity contribution in [3.05, 3.63) is 35.9 Å². The first-order valence-electron chi connectivity index (χ1n) is 6.22. The van der Waals surface area contributed by atoms with Crippen LogP contribution in [0.2, 0.25) is 0 Å². The minimum absolute atomic E-state index is 0.305. The van der Waals surface area contributed by atoms with Crippen LogP contribution >= 0.6 is 0 Å². The van der Waals surface area contributed by atoms with Crippen LogP contribution in [0.15, 0.2) is 30.3 Å². The van der Waals surface area contributed by atoms with E-state index in [0.29, 0.717) is 11.8 Å². The average Bonchev–Trinajstić information content (AvgIpc) is 2.32. The van der Waals surface area contributed by atoms with Gasteiger partial charge in [0.15, 0.2) is 5.79 Å². The van der Waals surface area contributed by atoms with Crippen molar-refractivity contribution in [3.63, 3.8) is 0 Å². The molecule has 1 aromatic rings. The van der Waals surface area contributed by atoms with Gasteiger partial charge in [-0.15, -0.1) is 0 Å². The summed E-state index contributed by atoms with van der Waals surface area (Å²) >= 11 is 0. The molecule has 0 radical (unpaired) electrons. The SMILES string of the molecule is COC(OC)(c1ccccc1)C(C)CC(C)C. The van der Waals surface area contributed by atoms with Crippen molar-refractivity contribution in [2.24, 2.45) is 11.8 Å². The van der Waals surface area contributed by atoms with Crippen molar-refractivity contribution in [2.75, 3.05) is 14.2 Å². The molecule has 0 aliphatic rings. The number of benzene rings is 1. The summed E-state index contributed by atoms with van der Waals surface area (Å²) in [6.07, 6.45) is 1.07. The van der Waals surface area contributed by atoms with Crippen molar-refractivity contribution in [1.82, 2.24) is 0 Å². The number of hydrogen-bond acceptors (Lipinski definition) is 2. The first-order valence-corrected chi connectivity index (χ1v) is 6.22. The fourth-order valence-corrected chi connectivity index (χ4v) is 2.54. The van der Waals surface area contributed by atoms with E-state index in [0.717, 1.165) is 12.0 Å². The summed E-state index contributed by atoms with van der Waals surface area (Å²) in [4.78, 5) is 0. The molecule has 0 aliphatic carbocycles. The Bertz CT molecular complexity index is 315. The highest BCUT2D eigenvalue weighted by atomic mass is 16.7. The molecular weight excluding hydrogens is 212 g/mol. The Morgan fingerprint density at radius 2 is 1.53 bits per heavy atom. The number of rotatable bonds is 6. The fraction of sp³-hybridized carbons (Fsp3) is 0.600. The van der Waals surface area contributed by atoms with Gasteiger partial charge in [0, 0.05) is 25.7 Å². The van der Waals surface area contributed by atoms with E-state index in [-0.39, 0.29) is 0 Å². The molecule has 96 valence electrons. The molecule has 0 bridgehead atoms. The molecule has 17 heavy (non-hydrogen) atoms. The lowest BCUT2D eigenvalue weighted by Gasteiger charge is -2.37. The second-order valence-electron chi connectivity index (χ2n) is 4.97. The first-order chi connectivity index (χ1) is 8.06. The molecular formula is C15H24O2. The minimum atomic E-state index is -0.633. The van der Waals surface area contributed by atoms with Gasteiger partial charge < -0.3 is 9.47 Å². The van der Waals surface area contributed by atoms with Gasteiger partial charge in [-0.25, -0.2) is 0 Å². The van der Waals surface area contributed by atoms with E-state index in [4.69, 9.17) is 9.47 Å². The molecule has 0 N–H and O–H groups in total. The molecule has 2 nitrogen and oxygen atoms in total. The third-order valence-electron chi connectivity index (χ3n) is 3.26. The second-order valence-corrected chi connectivity index (χ2v) is 4.97. The second kappa shape index (κ2) is 6.18. The summed E-state index contributed by atoms with van der Waals surface area (Å²) in [5.74, 6) is 0.296. The zero-order chi connectivity index (χ0) is 12.9. The molecule has 0 aromatic heterocycles. The standard InChI is InChI=1S/C15H24O2/c1-12(2)11-13(3)15(16-4,17-5)14-9-7-6-8-10-14/h6-10,12-13H,11H2,1-5H3. The van der Waals surface area contributed by atoms with Crippen LogP contribution in [0.5, 0.6) is 0 Å². The summed E-state index contributed by atoms with van der Waals surface area (Å²) in [6.45, 7) is 6.62. The highest BCUT2D eigenvalue weighted by molar-refractivity contribution is 5.21. The van der Waals surface area contributed by atoms with E-state index in [9.17, 15) is 0 Å². The van der Waals surface area contributed by atoms with Gasteiger partial charge in [0.25, 0.3) is 0 Å². The van der Waals surface area contributed by atoms with Crippen LogP contribution in [0.1, 0.15) is 32.8 Å². The lowest BCUT2D eigenvalue weighted by atomic mass is 9.86. The third-order valence-corrected chi connectivity index (χ3v) is 3.26. The van der Waals surface area contributed by atoms with Gasteiger partial charge in [-0.1, -0.05) is 51.1 Å². The largest absolute Gasteiger partial charge is 0.349 e. The first kappa shape index (κ1) is 14.2. The molecule has 0 heterocycles. The van der Waals surface area contributed by atoms with Crippen molar-refractivity contribution < 1.29 is 9.47 Å². The smallest absolute Gasteiger partial charge is 0.196 e. The Balaban J connectivity index is 3.04. The highest BCUT2D eigenvalue weighted by Gasteiger charge is 2.38. The number of ether oxygens (including phenoxy) is 2. The van der Waals surface area contributed by atoms with Crippen LogP contribution in [0.4, 0.5) is 0 Å². The van der Waals surface area contributed by atoms with Crippen LogP contribution in [0, 0.1) is 11.8 Å². The van der Waals surface area contributed by atoms with E-state index < -0.39 is 5.79 Å². The van der Waals surface area contributed by atoms with Crippen LogP contribution in [0.3, 0.4) is 0 Å². The Kier molecular flexibility index (Phi) is 5.16. The molecule has 1 atom stereocenters. The summed E-state index contributed by atoms with van der Waals surface area (Å²) in [7, 11) is 3.43. The molecule has 1 unspecified atom stereocenters. The highest BCUT2D eigenvalue weighted by Crippen LogP contribution is 2.37. The van der Waals surface area contributed by atoms with E-state index in [1.807, 2.05) is 18.2 Å². The summed E-state index contributed by atoms with van der Waals surface area (Å²) in [5.41, 5.74) is 1.08. The Morgan fingerprint density at radius 3 is 1.94 bits per heavy atom. The quantitative estimate of drug-likeness (QED) is 0.699. The lowest BCUT2D eigenvalue weighted by Crippen LogP contribution is -2.38. The van der Waals surface area contributed by atoms with Gasteiger partial charge in [0.2, 0.25) is 0 Å². The average molecular weight is 236 g/mol. The van der Waals surface area contributed by atoms with E-state index in [1.54, 1.807) is 14.2 Å². The fourth-order valence-electron chi connectivity index (χ4n) is 2.54. The maximum atomic E-state index is 5.71. The van der Waals surface area contributed by atoms with E-state index in [1.165, 1.54) is 0 Å². The maximum absolute atomic E-state index is 5.71. The zero-order valence-electron chi connectivity index (χ0n) is 11.6. The summed E-state index contributed by atoms with van der Waals surface area (Å²) < 4.78 is 11.4. The molecule has 2 heteroatoms. The minimum Gasteiger partial charge on any atom is -0.349 e. The molecule has 0 spiro atoms. The van der Waals surface area contributed by atoms with Crippen molar-refractivity contribution in [1.29, 1.82) is 0 Å². The summed E-state index contributed by atoms with van der Waals surface area (Å²) in [5, 5.41) is 0. The van der Waals surface area contributed by atoms with Gasteiger partial charge >= 0.3 is 0 Å². The Labute approximate surface area is 105 Å². The molecule has 1 rings (SSSR count). The zero-order valence-corrected chi connectivity index (χ0v) is 11.6. The summed E-state index contributed by atoms with van der Waals surface area (Å²) in [6, 6.07) is 10.2. The van der Waals surface area contributed by atoms with Gasteiger partial charge in [0.05, 0.1) is 0 Å². The van der Waals surface area contributed by atoms with Crippen LogP contribution in [0.25, 0.3) is 0 Å². The van der Waals surface area contributed by atoms with Crippen molar-refractivity contribution in [3.8, 4) is 0 Å². The van der Waals surface area contributed by atoms with E-state index in [2.05, 4.69) is 32.9 Å². The molecule has 1 aromatic carbocycles. The molecule has 0 aliphatic heterocycles. The van der Waals surface area contributed by atoms with Crippen molar-refractivity contribution in [2.45, 2.75) is 33.0 Å². The Morgan fingerprint density at radius 1 is 1.00 bits per heavy atom. The molecule has 0 fully saturated rings. The van der Waals surface area contributed by atoms with Gasteiger partial charge in [-0.3, -0.25) is 0 Å². The topological polar surface area (TPSA) is 18.5 Å². The van der Waals surface area contributed by atoms with Gasteiger partial charge in [-0.05, 0) is 12.3 Å². The Hall–Kier alpha value is -0.860. The third kappa shape index (κ3) is 3.08. The monoisotopic (exact) mass is 236 g/mol. The maximum Gasteiger partial charge on any atom is 0.196 e. The van der Waals surface area contributed by atoms with Crippen LogP contribution < -0.4 is 0 Å². The van der Waals surface area contributed by atoms with Gasteiger partial charge in [0.1, 0.15) is 0 Å². The van der Waals surface area contributed by atoms with Crippen LogP contribution in [-0.2, 0) is 15.3 Å².